The Labute approximate surface area is 118 Å². The molecule has 0 unspecified atom stereocenters. The van der Waals surface area contributed by atoms with Gasteiger partial charge >= 0.3 is 0 Å². The second-order valence-electron chi connectivity index (χ2n) is 4.76. The molecule has 0 saturated heterocycles. The lowest BCUT2D eigenvalue weighted by molar-refractivity contribution is -0.115. The molecule has 2 rings (SSSR count). The Balaban J connectivity index is 2.08. The zero-order valence-corrected chi connectivity index (χ0v) is 11.9. The minimum Gasteiger partial charge on any atom is -0.496 e. The molecule has 0 aliphatic heterocycles. The average Bonchev–Trinajstić information content (AvgIpc) is 2.41. The fourth-order valence-corrected chi connectivity index (χ4v) is 1.95. The Kier molecular flexibility index (Phi) is 4.35. The van der Waals surface area contributed by atoms with Crippen LogP contribution in [0.15, 0.2) is 36.5 Å². The van der Waals surface area contributed by atoms with Gasteiger partial charge in [0.1, 0.15) is 11.6 Å². The number of ether oxygens (including phenoxy) is 1. The molecular weight excluding hydrogens is 252 g/mol. The van der Waals surface area contributed by atoms with E-state index in [9.17, 15) is 4.79 Å². The van der Waals surface area contributed by atoms with Crippen LogP contribution in [0.3, 0.4) is 0 Å². The van der Waals surface area contributed by atoms with Crippen LogP contribution in [0.5, 0.6) is 5.75 Å². The van der Waals surface area contributed by atoms with E-state index < -0.39 is 0 Å². The number of benzene rings is 1. The van der Waals surface area contributed by atoms with Gasteiger partial charge in [0.25, 0.3) is 0 Å². The number of methoxy groups -OCH3 is 1. The van der Waals surface area contributed by atoms with Crippen LogP contribution < -0.4 is 10.1 Å². The van der Waals surface area contributed by atoms with Crippen molar-refractivity contribution in [2.45, 2.75) is 20.3 Å². The van der Waals surface area contributed by atoms with E-state index >= 15 is 0 Å². The van der Waals surface area contributed by atoms with E-state index in [4.69, 9.17) is 4.74 Å². The summed E-state index contributed by atoms with van der Waals surface area (Å²) in [4.78, 5) is 16.2. The van der Waals surface area contributed by atoms with Gasteiger partial charge in [-0.3, -0.25) is 4.79 Å². The monoisotopic (exact) mass is 270 g/mol. The highest BCUT2D eigenvalue weighted by atomic mass is 16.5. The highest BCUT2D eigenvalue weighted by molar-refractivity contribution is 5.91. The number of aromatic nitrogens is 1. The number of nitrogens with zero attached hydrogens (tertiary/aromatic N) is 1. The van der Waals surface area contributed by atoms with Crippen molar-refractivity contribution in [3.05, 3.63) is 53.2 Å². The molecule has 0 spiro atoms. The van der Waals surface area contributed by atoms with Crippen LogP contribution in [-0.4, -0.2) is 18.0 Å². The predicted molar refractivity (Wildman–Crippen MR) is 79.0 cm³/mol. The Bertz CT molecular complexity index is 606. The van der Waals surface area contributed by atoms with Gasteiger partial charge in [0.2, 0.25) is 5.91 Å². The molecule has 0 aliphatic rings. The summed E-state index contributed by atoms with van der Waals surface area (Å²) >= 11 is 0. The SMILES string of the molecule is COc1ccc(C)cc1CC(=O)Nc1ccc(C)cn1. The van der Waals surface area contributed by atoms with E-state index in [-0.39, 0.29) is 12.3 Å². The maximum absolute atomic E-state index is 12.0. The van der Waals surface area contributed by atoms with Crippen molar-refractivity contribution < 1.29 is 9.53 Å². The molecule has 1 aromatic heterocycles. The molecule has 1 N–H and O–H groups in total. The van der Waals surface area contributed by atoms with Crippen LogP contribution >= 0.6 is 0 Å². The fraction of sp³-hybridized carbons (Fsp3) is 0.250. The number of pyridine rings is 1. The van der Waals surface area contributed by atoms with Crippen LogP contribution in [0.4, 0.5) is 5.82 Å². The first-order valence-corrected chi connectivity index (χ1v) is 6.44. The standard InChI is InChI=1S/C16H18N2O2/c1-11-4-6-14(20-3)13(8-11)9-16(19)18-15-7-5-12(2)10-17-15/h4-8,10H,9H2,1-3H3,(H,17,18,19). The van der Waals surface area contributed by atoms with Crippen LogP contribution in [0.25, 0.3) is 0 Å². The second kappa shape index (κ2) is 6.19. The van der Waals surface area contributed by atoms with Crippen molar-refractivity contribution in [3.8, 4) is 5.75 Å². The summed E-state index contributed by atoms with van der Waals surface area (Å²) in [6.45, 7) is 3.94. The highest BCUT2D eigenvalue weighted by Gasteiger charge is 2.09. The molecular formula is C16H18N2O2. The molecule has 0 radical (unpaired) electrons. The first kappa shape index (κ1) is 14.1. The first-order chi connectivity index (χ1) is 9.58. The molecule has 2 aromatic rings. The zero-order chi connectivity index (χ0) is 14.5. The van der Waals surface area contributed by atoms with Crippen molar-refractivity contribution in [2.75, 3.05) is 12.4 Å². The number of aryl methyl sites for hydroxylation is 2. The maximum atomic E-state index is 12.0. The number of hydrogen-bond acceptors (Lipinski definition) is 3. The van der Waals surface area contributed by atoms with E-state index in [1.165, 1.54) is 0 Å². The highest BCUT2D eigenvalue weighted by Crippen LogP contribution is 2.20. The molecule has 1 amide bonds. The predicted octanol–water partition coefficient (Wildman–Crippen LogP) is 2.89. The molecule has 0 aliphatic carbocycles. The lowest BCUT2D eigenvalue weighted by atomic mass is 10.1. The quantitative estimate of drug-likeness (QED) is 0.929. The van der Waals surface area contributed by atoms with E-state index in [0.29, 0.717) is 5.82 Å². The minimum absolute atomic E-state index is 0.106. The summed E-state index contributed by atoms with van der Waals surface area (Å²) in [5.41, 5.74) is 3.03. The van der Waals surface area contributed by atoms with Gasteiger partial charge in [0.15, 0.2) is 0 Å². The number of carbonyl (C=O) groups excluding carboxylic acids is 1. The normalized spacial score (nSPS) is 10.2. The lowest BCUT2D eigenvalue weighted by Crippen LogP contribution is -2.15. The van der Waals surface area contributed by atoms with Gasteiger partial charge in [-0.05, 0) is 31.5 Å². The van der Waals surface area contributed by atoms with Gasteiger partial charge < -0.3 is 10.1 Å². The first-order valence-electron chi connectivity index (χ1n) is 6.44. The van der Waals surface area contributed by atoms with Crippen LogP contribution in [0.1, 0.15) is 16.7 Å². The molecule has 0 saturated carbocycles. The molecule has 104 valence electrons. The third-order valence-electron chi connectivity index (χ3n) is 2.97. The number of rotatable bonds is 4. The molecule has 20 heavy (non-hydrogen) atoms. The molecule has 1 aromatic carbocycles. The number of hydrogen-bond donors (Lipinski definition) is 1. The van der Waals surface area contributed by atoms with Crippen molar-refractivity contribution in [1.82, 2.24) is 4.98 Å². The molecule has 0 bridgehead atoms. The largest absolute Gasteiger partial charge is 0.496 e. The lowest BCUT2D eigenvalue weighted by Gasteiger charge is -2.09. The van der Waals surface area contributed by atoms with Crippen molar-refractivity contribution in [3.63, 3.8) is 0 Å². The van der Waals surface area contributed by atoms with Gasteiger partial charge in [-0.15, -0.1) is 0 Å². The van der Waals surface area contributed by atoms with Gasteiger partial charge in [-0.1, -0.05) is 23.8 Å². The summed E-state index contributed by atoms with van der Waals surface area (Å²) in [6, 6.07) is 9.50. The molecule has 4 nitrogen and oxygen atoms in total. The Morgan fingerprint density at radius 2 is 1.95 bits per heavy atom. The third-order valence-corrected chi connectivity index (χ3v) is 2.97. The molecule has 0 atom stereocenters. The third kappa shape index (κ3) is 3.57. The van der Waals surface area contributed by atoms with Crippen molar-refractivity contribution in [2.24, 2.45) is 0 Å². The van der Waals surface area contributed by atoms with Crippen LogP contribution in [0.2, 0.25) is 0 Å². The maximum Gasteiger partial charge on any atom is 0.230 e. The van der Waals surface area contributed by atoms with Gasteiger partial charge in [-0.25, -0.2) is 4.98 Å². The Morgan fingerprint density at radius 3 is 2.60 bits per heavy atom. The molecule has 0 fully saturated rings. The summed E-state index contributed by atoms with van der Waals surface area (Å²) < 4.78 is 5.27. The Morgan fingerprint density at radius 1 is 1.20 bits per heavy atom. The minimum atomic E-state index is -0.106. The van der Waals surface area contributed by atoms with E-state index in [0.717, 1.165) is 22.4 Å². The summed E-state index contributed by atoms with van der Waals surface area (Å²) in [6.07, 6.45) is 1.99. The van der Waals surface area contributed by atoms with Crippen LogP contribution in [-0.2, 0) is 11.2 Å². The summed E-state index contributed by atoms with van der Waals surface area (Å²) in [5, 5.41) is 2.78. The van der Waals surface area contributed by atoms with Gasteiger partial charge in [-0.2, -0.15) is 0 Å². The number of carbonyl (C=O) groups is 1. The van der Waals surface area contributed by atoms with E-state index in [1.807, 2.05) is 38.1 Å². The number of anilines is 1. The summed E-state index contributed by atoms with van der Waals surface area (Å²) in [5.74, 6) is 1.18. The van der Waals surface area contributed by atoms with E-state index in [1.54, 1.807) is 19.4 Å². The number of nitrogens with one attached hydrogen (secondary N) is 1. The molecule has 1 heterocycles. The van der Waals surface area contributed by atoms with Gasteiger partial charge in [0.05, 0.1) is 13.5 Å². The van der Waals surface area contributed by atoms with Crippen molar-refractivity contribution in [1.29, 1.82) is 0 Å². The van der Waals surface area contributed by atoms with Crippen molar-refractivity contribution >= 4 is 11.7 Å². The Hall–Kier alpha value is -2.36. The smallest absolute Gasteiger partial charge is 0.230 e. The zero-order valence-electron chi connectivity index (χ0n) is 11.9. The second-order valence-corrected chi connectivity index (χ2v) is 4.76. The summed E-state index contributed by atoms with van der Waals surface area (Å²) in [7, 11) is 1.60. The van der Waals surface area contributed by atoms with E-state index in [2.05, 4.69) is 10.3 Å². The number of amides is 1. The average molecular weight is 270 g/mol. The van der Waals surface area contributed by atoms with Crippen LogP contribution in [0, 0.1) is 13.8 Å². The molecule has 4 heteroatoms. The topological polar surface area (TPSA) is 51.2 Å². The fourth-order valence-electron chi connectivity index (χ4n) is 1.95. The van der Waals surface area contributed by atoms with Gasteiger partial charge in [0, 0.05) is 11.8 Å².